The molecule has 0 aromatic heterocycles. The van der Waals surface area contributed by atoms with E-state index in [2.05, 4.69) is 33.9 Å². The molecule has 1 atom stereocenters. The Hall–Kier alpha value is -1.13. The van der Waals surface area contributed by atoms with Gasteiger partial charge in [-0.25, -0.2) is 0 Å². The molecule has 0 heterocycles. The standard InChI is InChI=1S/C16H26O3Si/c1-12(19-20(5,6)16(2,3)4)11-15(18)13-9-7-8-10-14(13)17/h7-10,12,17H,11H2,1-6H3/t12-/m0/s1. The van der Waals surface area contributed by atoms with Crippen LogP contribution in [0, 0.1) is 0 Å². The van der Waals surface area contributed by atoms with Crippen molar-refractivity contribution in [2.75, 3.05) is 0 Å². The maximum Gasteiger partial charge on any atom is 0.192 e. The number of carbonyl (C=O) groups is 1. The molecule has 0 spiro atoms. The minimum Gasteiger partial charge on any atom is -0.507 e. The average molecular weight is 294 g/mol. The van der Waals surface area contributed by atoms with E-state index in [1.54, 1.807) is 18.2 Å². The van der Waals surface area contributed by atoms with E-state index in [9.17, 15) is 9.90 Å². The average Bonchev–Trinajstić information content (AvgIpc) is 2.26. The molecular weight excluding hydrogens is 268 g/mol. The Morgan fingerprint density at radius 1 is 1.30 bits per heavy atom. The minimum absolute atomic E-state index is 0.0389. The van der Waals surface area contributed by atoms with Gasteiger partial charge in [0.2, 0.25) is 0 Å². The van der Waals surface area contributed by atoms with Gasteiger partial charge in [-0.05, 0) is 37.2 Å². The number of phenols is 1. The van der Waals surface area contributed by atoms with E-state index in [0.29, 0.717) is 12.0 Å². The summed E-state index contributed by atoms with van der Waals surface area (Å²) in [5.74, 6) is -0.0358. The summed E-state index contributed by atoms with van der Waals surface area (Å²) in [6.07, 6.45) is 0.160. The van der Waals surface area contributed by atoms with Crippen LogP contribution in [0.4, 0.5) is 0 Å². The molecule has 0 amide bonds. The van der Waals surface area contributed by atoms with Gasteiger partial charge in [0.05, 0.1) is 5.56 Å². The third-order valence-corrected chi connectivity index (χ3v) is 8.58. The van der Waals surface area contributed by atoms with E-state index in [1.165, 1.54) is 6.07 Å². The molecule has 3 nitrogen and oxygen atoms in total. The normalized spacial score (nSPS) is 14.1. The fourth-order valence-corrected chi connectivity index (χ4v) is 3.24. The lowest BCUT2D eigenvalue weighted by molar-refractivity contribution is 0.0907. The lowest BCUT2D eigenvalue weighted by Crippen LogP contribution is -2.43. The van der Waals surface area contributed by atoms with E-state index >= 15 is 0 Å². The van der Waals surface area contributed by atoms with Crippen LogP contribution in [0.5, 0.6) is 5.75 Å². The second-order valence-electron chi connectivity index (χ2n) is 6.83. The van der Waals surface area contributed by atoms with Gasteiger partial charge in [0, 0.05) is 12.5 Å². The summed E-state index contributed by atoms with van der Waals surface area (Å²) in [5.41, 5.74) is 0.373. The van der Waals surface area contributed by atoms with E-state index in [0.717, 1.165) is 0 Å². The molecule has 4 heteroatoms. The number of hydrogen-bond acceptors (Lipinski definition) is 3. The summed E-state index contributed by atoms with van der Waals surface area (Å²) < 4.78 is 6.17. The number of phenolic OH excluding ortho intramolecular Hbond substituents is 1. The van der Waals surface area contributed by atoms with Gasteiger partial charge in [-0.15, -0.1) is 0 Å². The van der Waals surface area contributed by atoms with Crippen LogP contribution in [-0.2, 0) is 4.43 Å². The molecule has 0 aliphatic carbocycles. The molecule has 0 saturated carbocycles. The van der Waals surface area contributed by atoms with Gasteiger partial charge in [0.1, 0.15) is 5.75 Å². The first kappa shape index (κ1) is 16.9. The predicted octanol–water partition coefficient (Wildman–Crippen LogP) is 4.38. The molecule has 0 unspecified atom stereocenters. The molecule has 0 bridgehead atoms. The first-order chi connectivity index (χ1) is 9.04. The molecule has 0 aliphatic rings. The second-order valence-corrected chi connectivity index (χ2v) is 11.6. The Bertz CT molecular complexity index is 475. The van der Waals surface area contributed by atoms with Crippen molar-refractivity contribution >= 4 is 14.1 Å². The predicted molar refractivity (Wildman–Crippen MR) is 84.8 cm³/mol. The lowest BCUT2D eigenvalue weighted by atomic mass is 10.1. The number of ketones is 1. The Kier molecular flexibility index (Phi) is 5.16. The molecule has 0 aliphatic heterocycles. The molecular formula is C16H26O3Si. The highest BCUT2D eigenvalue weighted by Crippen LogP contribution is 2.37. The summed E-state index contributed by atoms with van der Waals surface area (Å²) in [4.78, 5) is 12.2. The Morgan fingerprint density at radius 2 is 1.85 bits per heavy atom. The van der Waals surface area contributed by atoms with Crippen molar-refractivity contribution in [2.45, 2.75) is 58.4 Å². The summed E-state index contributed by atoms with van der Waals surface area (Å²) in [6, 6.07) is 6.65. The Balaban J connectivity index is 2.70. The van der Waals surface area contributed by atoms with Crippen LogP contribution in [0.1, 0.15) is 44.5 Å². The van der Waals surface area contributed by atoms with E-state index in [1.807, 2.05) is 6.92 Å². The molecule has 1 rings (SSSR count). The fraction of sp³-hybridized carbons (Fsp3) is 0.562. The summed E-state index contributed by atoms with van der Waals surface area (Å²) in [6.45, 7) is 12.8. The van der Waals surface area contributed by atoms with E-state index < -0.39 is 8.32 Å². The molecule has 1 aromatic rings. The monoisotopic (exact) mass is 294 g/mol. The first-order valence-corrected chi connectivity index (χ1v) is 9.94. The van der Waals surface area contributed by atoms with Crippen molar-refractivity contribution in [3.63, 3.8) is 0 Å². The van der Waals surface area contributed by atoms with Crippen LogP contribution in [-0.4, -0.2) is 25.3 Å². The van der Waals surface area contributed by atoms with Crippen molar-refractivity contribution in [1.29, 1.82) is 0 Å². The highest BCUT2D eigenvalue weighted by molar-refractivity contribution is 6.74. The maximum atomic E-state index is 12.2. The largest absolute Gasteiger partial charge is 0.507 e. The SMILES string of the molecule is C[C@@H](CC(=O)c1ccccc1O)O[Si](C)(C)C(C)(C)C. The van der Waals surface area contributed by atoms with Gasteiger partial charge in [-0.2, -0.15) is 0 Å². The number of hydrogen-bond donors (Lipinski definition) is 1. The summed E-state index contributed by atoms with van der Waals surface area (Å²) in [7, 11) is -1.86. The Labute approximate surface area is 123 Å². The molecule has 1 aromatic carbocycles. The zero-order valence-electron chi connectivity index (χ0n) is 13.4. The number of rotatable bonds is 5. The van der Waals surface area contributed by atoms with Gasteiger partial charge in [0.15, 0.2) is 14.1 Å². The zero-order chi connectivity index (χ0) is 15.6. The summed E-state index contributed by atoms with van der Waals surface area (Å²) >= 11 is 0. The second kappa shape index (κ2) is 6.10. The van der Waals surface area contributed by atoms with Gasteiger partial charge in [0.25, 0.3) is 0 Å². The number of para-hydroxylation sites is 1. The van der Waals surface area contributed by atoms with Crippen LogP contribution in [0.2, 0.25) is 18.1 Å². The number of aromatic hydroxyl groups is 1. The van der Waals surface area contributed by atoms with Gasteiger partial charge < -0.3 is 9.53 Å². The molecule has 0 radical (unpaired) electrons. The number of carbonyl (C=O) groups excluding carboxylic acids is 1. The van der Waals surface area contributed by atoms with Crippen molar-refractivity contribution in [3.8, 4) is 5.75 Å². The lowest BCUT2D eigenvalue weighted by Gasteiger charge is -2.38. The van der Waals surface area contributed by atoms with Gasteiger partial charge >= 0.3 is 0 Å². The zero-order valence-corrected chi connectivity index (χ0v) is 14.4. The first-order valence-electron chi connectivity index (χ1n) is 7.03. The molecule has 0 fully saturated rings. The molecule has 112 valence electrons. The number of Topliss-reactive ketones (excluding diaryl/α,β-unsaturated/α-hetero) is 1. The van der Waals surface area contributed by atoms with Crippen LogP contribution >= 0.6 is 0 Å². The molecule has 0 saturated heterocycles. The highest BCUT2D eigenvalue weighted by atomic mass is 28.4. The van der Waals surface area contributed by atoms with Crippen LogP contribution in [0.25, 0.3) is 0 Å². The summed E-state index contributed by atoms with van der Waals surface area (Å²) in [5, 5.41) is 9.83. The van der Waals surface area contributed by atoms with Crippen molar-refractivity contribution < 1.29 is 14.3 Å². The van der Waals surface area contributed by atoms with Crippen molar-refractivity contribution in [2.24, 2.45) is 0 Å². The topological polar surface area (TPSA) is 46.5 Å². The minimum atomic E-state index is -1.86. The van der Waals surface area contributed by atoms with E-state index in [4.69, 9.17) is 4.43 Å². The Morgan fingerprint density at radius 3 is 2.35 bits per heavy atom. The fourth-order valence-electron chi connectivity index (χ4n) is 1.80. The maximum absolute atomic E-state index is 12.2. The smallest absolute Gasteiger partial charge is 0.192 e. The van der Waals surface area contributed by atoms with E-state index in [-0.39, 0.29) is 22.7 Å². The van der Waals surface area contributed by atoms with Gasteiger partial charge in [-0.1, -0.05) is 32.9 Å². The van der Waals surface area contributed by atoms with Crippen LogP contribution < -0.4 is 0 Å². The van der Waals surface area contributed by atoms with Gasteiger partial charge in [-0.3, -0.25) is 4.79 Å². The molecule has 20 heavy (non-hydrogen) atoms. The third kappa shape index (κ3) is 4.18. The van der Waals surface area contributed by atoms with Crippen LogP contribution in [0.15, 0.2) is 24.3 Å². The molecule has 1 N–H and O–H groups in total. The highest BCUT2D eigenvalue weighted by Gasteiger charge is 2.38. The van der Waals surface area contributed by atoms with Crippen molar-refractivity contribution in [1.82, 2.24) is 0 Å². The van der Waals surface area contributed by atoms with Crippen molar-refractivity contribution in [3.05, 3.63) is 29.8 Å². The third-order valence-electron chi connectivity index (χ3n) is 3.98. The van der Waals surface area contributed by atoms with Crippen LogP contribution in [0.3, 0.4) is 0 Å². The quantitative estimate of drug-likeness (QED) is 0.647. The number of benzene rings is 1.